The fraction of sp³-hybridized carbons (Fsp3) is 0.667. The van der Waals surface area contributed by atoms with Gasteiger partial charge in [-0.1, -0.05) is 6.07 Å². The van der Waals surface area contributed by atoms with Gasteiger partial charge in [0.15, 0.2) is 0 Å². The lowest BCUT2D eigenvalue weighted by atomic mass is 10.1. The summed E-state index contributed by atoms with van der Waals surface area (Å²) in [5.41, 5.74) is 1.07. The van der Waals surface area contributed by atoms with Crippen molar-refractivity contribution < 1.29 is 4.74 Å². The van der Waals surface area contributed by atoms with Crippen LogP contribution in [0.15, 0.2) is 18.2 Å². The van der Waals surface area contributed by atoms with Crippen LogP contribution in [0.25, 0.3) is 0 Å². The smallest absolute Gasteiger partial charge is 0.126 e. The summed E-state index contributed by atoms with van der Waals surface area (Å²) in [5, 5.41) is 3.54. The van der Waals surface area contributed by atoms with Gasteiger partial charge in [-0.2, -0.15) is 0 Å². The van der Waals surface area contributed by atoms with Crippen LogP contribution < -0.4 is 5.32 Å². The molecule has 106 valence electrons. The standard InChI is InChI=1S/C15H25N3O/c1-3-19-12-11-18-9-7-14(8-10-18)17-15-6-4-5-13(2)16-15/h4-6,14H,3,7-12H2,1-2H3,(H,16,17). The second kappa shape index (κ2) is 7.46. The van der Waals surface area contributed by atoms with E-state index in [1.165, 1.54) is 12.8 Å². The van der Waals surface area contributed by atoms with E-state index in [9.17, 15) is 0 Å². The second-order valence-electron chi connectivity index (χ2n) is 5.12. The van der Waals surface area contributed by atoms with Crippen molar-refractivity contribution in [2.45, 2.75) is 32.7 Å². The Kier molecular flexibility index (Phi) is 5.61. The van der Waals surface area contributed by atoms with Crippen LogP contribution in [0.4, 0.5) is 5.82 Å². The number of anilines is 1. The van der Waals surface area contributed by atoms with E-state index in [1.54, 1.807) is 0 Å². The fourth-order valence-corrected chi connectivity index (χ4v) is 2.47. The first-order chi connectivity index (χ1) is 9.28. The van der Waals surface area contributed by atoms with Gasteiger partial charge in [0.2, 0.25) is 0 Å². The number of hydrogen-bond acceptors (Lipinski definition) is 4. The van der Waals surface area contributed by atoms with Crippen molar-refractivity contribution in [2.24, 2.45) is 0 Å². The molecule has 19 heavy (non-hydrogen) atoms. The van der Waals surface area contributed by atoms with Crippen LogP contribution in [0.3, 0.4) is 0 Å². The topological polar surface area (TPSA) is 37.4 Å². The van der Waals surface area contributed by atoms with Gasteiger partial charge in [-0.3, -0.25) is 0 Å². The number of hydrogen-bond donors (Lipinski definition) is 1. The summed E-state index contributed by atoms with van der Waals surface area (Å²) in [5.74, 6) is 1.01. The number of nitrogens with one attached hydrogen (secondary N) is 1. The Morgan fingerprint density at radius 2 is 2.16 bits per heavy atom. The van der Waals surface area contributed by atoms with E-state index in [0.717, 1.165) is 44.4 Å². The van der Waals surface area contributed by atoms with Gasteiger partial charge in [-0.25, -0.2) is 4.98 Å². The first kappa shape index (κ1) is 14.3. The third-order valence-electron chi connectivity index (χ3n) is 3.58. The zero-order valence-corrected chi connectivity index (χ0v) is 12.1. The summed E-state index contributed by atoms with van der Waals surface area (Å²) >= 11 is 0. The molecule has 0 saturated carbocycles. The first-order valence-electron chi connectivity index (χ1n) is 7.28. The highest BCUT2D eigenvalue weighted by molar-refractivity contribution is 5.36. The maximum atomic E-state index is 5.40. The SMILES string of the molecule is CCOCCN1CCC(Nc2cccc(C)n2)CC1. The number of pyridine rings is 1. The lowest BCUT2D eigenvalue weighted by Crippen LogP contribution is -2.40. The molecule has 2 heterocycles. The number of likely N-dealkylation sites (tertiary alicyclic amines) is 1. The predicted octanol–water partition coefficient (Wildman–Crippen LogP) is 2.30. The van der Waals surface area contributed by atoms with Crippen LogP contribution in [0.5, 0.6) is 0 Å². The van der Waals surface area contributed by atoms with Gasteiger partial charge in [-0.05, 0) is 38.8 Å². The van der Waals surface area contributed by atoms with Crippen LogP contribution >= 0.6 is 0 Å². The lowest BCUT2D eigenvalue weighted by Gasteiger charge is -2.32. The van der Waals surface area contributed by atoms with E-state index in [2.05, 4.69) is 27.3 Å². The molecule has 1 saturated heterocycles. The van der Waals surface area contributed by atoms with Crippen LogP contribution in [-0.2, 0) is 4.74 Å². The zero-order chi connectivity index (χ0) is 13.5. The molecule has 1 aromatic heterocycles. The fourth-order valence-electron chi connectivity index (χ4n) is 2.47. The van der Waals surface area contributed by atoms with E-state index in [4.69, 9.17) is 4.74 Å². The van der Waals surface area contributed by atoms with Crippen LogP contribution in [0.1, 0.15) is 25.5 Å². The maximum Gasteiger partial charge on any atom is 0.126 e. The number of piperidine rings is 1. The molecule has 4 heteroatoms. The average Bonchev–Trinajstić information content (AvgIpc) is 2.41. The van der Waals surface area contributed by atoms with Gasteiger partial charge in [-0.15, -0.1) is 0 Å². The molecule has 0 spiro atoms. The van der Waals surface area contributed by atoms with Crippen molar-refractivity contribution in [1.82, 2.24) is 9.88 Å². The molecular formula is C15H25N3O. The Bertz CT molecular complexity index is 375. The lowest BCUT2D eigenvalue weighted by molar-refractivity contribution is 0.103. The van der Waals surface area contributed by atoms with Gasteiger partial charge >= 0.3 is 0 Å². The highest BCUT2D eigenvalue weighted by Gasteiger charge is 2.18. The van der Waals surface area contributed by atoms with Crippen LogP contribution in [0, 0.1) is 6.92 Å². The molecule has 4 nitrogen and oxygen atoms in total. The Morgan fingerprint density at radius 1 is 1.37 bits per heavy atom. The third-order valence-corrected chi connectivity index (χ3v) is 3.58. The Labute approximate surface area is 116 Å². The molecule has 0 bridgehead atoms. The monoisotopic (exact) mass is 263 g/mol. The van der Waals surface area contributed by atoms with E-state index in [-0.39, 0.29) is 0 Å². The van der Waals surface area contributed by atoms with Crippen molar-refractivity contribution in [1.29, 1.82) is 0 Å². The molecule has 2 rings (SSSR count). The number of aromatic nitrogens is 1. The van der Waals surface area contributed by atoms with Gasteiger partial charge in [0.25, 0.3) is 0 Å². The molecular weight excluding hydrogens is 238 g/mol. The zero-order valence-electron chi connectivity index (χ0n) is 12.1. The highest BCUT2D eigenvalue weighted by Crippen LogP contribution is 2.15. The molecule has 0 radical (unpaired) electrons. The number of nitrogens with zero attached hydrogens (tertiary/aromatic N) is 2. The summed E-state index contributed by atoms with van der Waals surface area (Å²) in [6, 6.07) is 6.69. The maximum absolute atomic E-state index is 5.40. The second-order valence-corrected chi connectivity index (χ2v) is 5.12. The van der Waals surface area contributed by atoms with Gasteiger partial charge < -0.3 is 15.0 Å². The van der Waals surface area contributed by atoms with Gasteiger partial charge in [0, 0.05) is 38.0 Å². The molecule has 0 aliphatic carbocycles. The van der Waals surface area contributed by atoms with Crippen molar-refractivity contribution in [3.8, 4) is 0 Å². The van der Waals surface area contributed by atoms with E-state index >= 15 is 0 Å². The Balaban J connectivity index is 1.71. The molecule has 1 N–H and O–H groups in total. The Hall–Kier alpha value is -1.13. The van der Waals surface area contributed by atoms with Crippen LogP contribution in [0.2, 0.25) is 0 Å². The molecule has 0 amide bonds. The molecule has 0 atom stereocenters. The summed E-state index contributed by atoms with van der Waals surface area (Å²) in [4.78, 5) is 6.99. The first-order valence-corrected chi connectivity index (χ1v) is 7.28. The van der Waals surface area contributed by atoms with E-state index in [1.807, 2.05) is 19.9 Å². The van der Waals surface area contributed by atoms with Crippen molar-refractivity contribution in [3.63, 3.8) is 0 Å². The summed E-state index contributed by atoms with van der Waals surface area (Å²) in [7, 11) is 0. The molecule has 0 unspecified atom stereocenters. The molecule has 1 aliphatic rings. The molecule has 1 aromatic rings. The number of ether oxygens (including phenoxy) is 1. The van der Waals surface area contributed by atoms with Crippen molar-refractivity contribution in [2.75, 3.05) is 38.2 Å². The largest absolute Gasteiger partial charge is 0.380 e. The third kappa shape index (κ3) is 4.80. The van der Waals surface area contributed by atoms with Gasteiger partial charge in [0.05, 0.1) is 6.61 Å². The molecule has 1 aliphatic heterocycles. The minimum absolute atomic E-state index is 0.553. The summed E-state index contributed by atoms with van der Waals surface area (Å²) in [6.07, 6.45) is 2.36. The minimum Gasteiger partial charge on any atom is -0.380 e. The summed E-state index contributed by atoms with van der Waals surface area (Å²) in [6.45, 7) is 9.11. The number of rotatable bonds is 6. The predicted molar refractivity (Wildman–Crippen MR) is 78.6 cm³/mol. The highest BCUT2D eigenvalue weighted by atomic mass is 16.5. The van der Waals surface area contributed by atoms with Crippen LogP contribution in [-0.4, -0.2) is 48.8 Å². The van der Waals surface area contributed by atoms with Gasteiger partial charge in [0.1, 0.15) is 5.82 Å². The van der Waals surface area contributed by atoms with E-state index in [0.29, 0.717) is 6.04 Å². The van der Waals surface area contributed by atoms with Crippen molar-refractivity contribution >= 4 is 5.82 Å². The molecule has 1 fully saturated rings. The van der Waals surface area contributed by atoms with Crippen molar-refractivity contribution in [3.05, 3.63) is 23.9 Å². The average molecular weight is 263 g/mol. The Morgan fingerprint density at radius 3 is 2.84 bits per heavy atom. The minimum atomic E-state index is 0.553. The molecule has 0 aromatic carbocycles. The summed E-state index contributed by atoms with van der Waals surface area (Å²) < 4.78 is 5.40. The number of aryl methyl sites for hydroxylation is 1. The normalized spacial score (nSPS) is 17.6. The quantitative estimate of drug-likeness (QED) is 0.799. The van der Waals surface area contributed by atoms with E-state index < -0.39 is 0 Å².